The van der Waals surface area contributed by atoms with Crippen LogP contribution in [0.25, 0.3) is 11.0 Å². The molecule has 0 fully saturated rings. The van der Waals surface area contributed by atoms with Crippen molar-refractivity contribution in [1.29, 1.82) is 0 Å². The highest BCUT2D eigenvalue weighted by Crippen LogP contribution is 2.23. The number of fused-ring (bicyclic) bond motifs is 1. The number of hydrogen-bond acceptors (Lipinski definition) is 3. The number of para-hydroxylation sites is 1. The van der Waals surface area contributed by atoms with Crippen LogP contribution in [0.3, 0.4) is 0 Å². The van der Waals surface area contributed by atoms with Crippen molar-refractivity contribution in [2.45, 2.75) is 19.4 Å². The van der Waals surface area contributed by atoms with Gasteiger partial charge in [-0.3, -0.25) is 4.99 Å². The third-order valence-corrected chi connectivity index (χ3v) is 3.96. The number of nitrogens with one attached hydrogen (secondary N) is 2. The van der Waals surface area contributed by atoms with Gasteiger partial charge in [0.05, 0.1) is 6.04 Å². The topological polar surface area (TPSA) is 49.6 Å². The first-order valence-corrected chi connectivity index (χ1v) is 8.58. The molecule has 2 aromatic rings. The van der Waals surface area contributed by atoms with Gasteiger partial charge in [-0.1, -0.05) is 18.2 Å². The molecular formula is C16H23N3OS. The molecule has 0 saturated heterocycles. The molecular weight excluding hydrogens is 282 g/mol. The highest BCUT2D eigenvalue weighted by Gasteiger charge is 2.12. The van der Waals surface area contributed by atoms with Crippen LogP contribution in [-0.2, 0) is 0 Å². The molecule has 5 heteroatoms. The standard InChI is InChI=1S/C16H23N3OS/c1-12(19-16(17-2)18-9-6-10-21-3)15-11-13-7-4-5-8-14(13)20-15/h4-5,7-8,11-12H,6,9-10H2,1-3H3,(H2,17,18,19). The van der Waals surface area contributed by atoms with Crippen molar-refractivity contribution in [3.05, 3.63) is 36.1 Å². The maximum absolute atomic E-state index is 5.87. The Morgan fingerprint density at radius 3 is 2.90 bits per heavy atom. The molecule has 114 valence electrons. The van der Waals surface area contributed by atoms with Gasteiger partial charge in [0.15, 0.2) is 5.96 Å². The monoisotopic (exact) mass is 305 g/mol. The van der Waals surface area contributed by atoms with E-state index in [2.05, 4.69) is 40.9 Å². The minimum absolute atomic E-state index is 0.0733. The molecule has 0 bridgehead atoms. The Bertz CT molecular complexity index is 561. The molecule has 0 aliphatic rings. The lowest BCUT2D eigenvalue weighted by molar-refractivity contribution is 0.488. The lowest BCUT2D eigenvalue weighted by Gasteiger charge is -2.16. The number of rotatable bonds is 6. The van der Waals surface area contributed by atoms with Crippen LogP contribution in [0.15, 0.2) is 39.7 Å². The molecule has 0 amide bonds. The molecule has 4 nitrogen and oxygen atoms in total. The van der Waals surface area contributed by atoms with E-state index in [1.54, 1.807) is 7.05 Å². The van der Waals surface area contributed by atoms with E-state index in [1.807, 2.05) is 30.0 Å². The van der Waals surface area contributed by atoms with Crippen LogP contribution < -0.4 is 10.6 Å². The first-order chi connectivity index (χ1) is 10.2. The van der Waals surface area contributed by atoms with Crippen LogP contribution in [0.2, 0.25) is 0 Å². The largest absolute Gasteiger partial charge is 0.459 e. The molecule has 0 radical (unpaired) electrons. The maximum atomic E-state index is 5.87. The Balaban J connectivity index is 1.94. The average molecular weight is 305 g/mol. The number of furan rings is 1. The Morgan fingerprint density at radius 2 is 2.19 bits per heavy atom. The van der Waals surface area contributed by atoms with Crippen LogP contribution in [-0.4, -0.2) is 31.6 Å². The van der Waals surface area contributed by atoms with Gasteiger partial charge in [0, 0.05) is 19.0 Å². The summed E-state index contributed by atoms with van der Waals surface area (Å²) in [6.07, 6.45) is 3.25. The van der Waals surface area contributed by atoms with Crippen molar-refractivity contribution in [1.82, 2.24) is 10.6 Å². The molecule has 0 aliphatic heterocycles. The average Bonchev–Trinajstić information content (AvgIpc) is 2.94. The van der Waals surface area contributed by atoms with E-state index in [0.29, 0.717) is 0 Å². The van der Waals surface area contributed by atoms with E-state index in [-0.39, 0.29) is 6.04 Å². The fraction of sp³-hybridized carbons (Fsp3) is 0.438. The second-order valence-electron chi connectivity index (χ2n) is 4.90. The van der Waals surface area contributed by atoms with E-state index < -0.39 is 0 Å². The molecule has 1 atom stereocenters. The Labute approximate surface area is 130 Å². The Hall–Kier alpha value is -1.62. The van der Waals surface area contributed by atoms with E-state index in [0.717, 1.165) is 41.4 Å². The van der Waals surface area contributed by atoms with E-state index in [1.165, 1.54) is 0 Å². The van der Waals surface area contributed by atoms with E-state index >= 15 is 0 Å². The molecule has 1 unspecified atom stereocenters. The molecule has 1 aromatic heterocycles. The summed E-state index contributed by atoms with van der Waals surface area (Å²) in [4.78, 5) is 4.25. The summed E-state index contributed by atoms with van der Waals surface area (Å²) < 4.78 is 5.87. The third-order valence-electron chi connectivity index (χ3n) is 3.27. The number of guanidine groups is 1. The van der Waals surface area contributed by atoms with Gasteiger partial charge in [-0.05, 0) is 37.5 Å². The lowest BCUT2D eigenvalue weighted by Crippen LogP contribution is -2.39. The SMILES string of the molecule is CN=C(NCCCSC)NC(C)c1cc2ccccc2o1. The van der Waals surface area contributed by atoms with Crippen LogP contribution in [0.4, 0.5) is 0 Å². The summed E-state index contributed by atoms with van der Waals surface area (Å²) in [5, 5.41) is 7.81. The van der Waals surface area contributed by atoms with Crippen molar-refractivity contribution >= 4 is 28.7 Å². The summed E-state index contributed by atoms with van der Waals surface area (Å²) in [5.41, 5.74) is 0.920. The van der Waals surface area contributed by atoms with E-state index in [9.17, 15) is 0 Å². The molecule has 0 saturated carbocycles. The molecule has 2 rings (SSSR count). The van der Waals surface area contributed by atoms with Crippen LogP contribution in [0.1, 0.15) is 25.1 Å². The van der Waals surface area contributed by atoms with Crippen molar-refractivity contribution in [3.63, 3.8) is 0 Å². The summed E-state index contributed by atoms with van der Waals surface area (Å²) in [6.45, 7) is 3.00. The highest BCUT2D eigenvalue weighted by molar-refractivity contribution is 7.98. The van der Waals surface area contributed by atoms with Crippen LogP contribution >= 0.6 is 11.8 Å². The van der Waals surface area contributed by atoms with Gasteiger partial charge >= 0.3 is 0 Å². The fourth-order valence-electron chi connectivity index (χ4n) is 2.11. The highest BCUT2D eigenvalue weighted by atomic mass is 32.2. The second-order valence-corrected chi connectivity index (χ2v) is 5.88. The molecule has 0 spiro atoms. The van der Waals surface area contributed by atoms with Gasteiger partial charge in [-0.2, -0.15) is 11.8 Å². The molecule has 1 aromatic carbocycles. The van der Waals surface area contributed by atoms with Gasteiger partial charge in [-0.15, -0.1) is 0 Å². The first-order valence-electron chi connectivity index (χ1n) is 7.19. The minimum Gasteiger partial charge on any atom is -0.459 e. The predicted octanol–water partition coefficient (Wildman–Crippen LogP) is 3.41. The zero-order chi connectivity index (χ0) is 15.1. The van der Waals surface area contributed by atoms with Crippen molar-refractivity contribution in [2.75, 3.05) is 25.6 Å². The molecule has 21 heavy (non-hydrogen) atoms. The van der Waals surface area contributed by atoms with Crippen molar-refractivity contribution in [3.8, 4) is 0 Å². The van der Waals surface area contributed by atoms with Crippen LogP contribution in [0, 0.1) is 0 Å². The van der Waals surface area contributed by atoms with Gasteiger partial charge in [0.1, 0.15) is 11.3 Å². The molecule has 0 aliphatic carbocycles. The third kappa shape index (κ3) is 4.43. The predicted molar refractivity (Wildman–Crippen MR) is 92.1 cm³/mol. The quantitative estimate of drug-likeness (QED) is 0.488. The van der Waals surface area contributed by atoms with Gasteiger partial charge in [0.25, 0.3) is 0 Å². The summed E-state index contributed by atoms with van der Waals surface area (Å²) in [6, 6.07) is 10.2. The zero-order valence-electron chi connectivity index (χ0n) is 12.8. The fourth-order valence-corrected chi connectivity index (χ4v) is 2.54. The summed E-state index contributed by atoms with van der Waals surface area (Å²) in [5.74, 6) is 2.88. The Kier molecular flexibility index (Phi) is 5.99. The van der Waals surface area contributed by atoms with E-state index in [4.69, 9.17) is 4.42 Å². The maximum Gasteiger partial charge on any atom is 0.191 e. The number of thioether (sulfide) groups is 1. The first kappa shape index (κ1) is 15.8. The second kappa shape index (κ2) is 7.98. The number of nitrogens with zero attached hydrogens (tertiary/aromatic N) is 1. The zero-order valence-corrected chi connectivity index (χ0v) is 13.7. The van der Waals surface area contributed by atoms with Crippen molar-refractivity contribution in [2.24, 2.45) is 4.99 Å². The number of benzene rings is 1. The summed E-state index contributed by atoms with van der Waals surface area (Å²) >= 11 is 1.86. The van der Waals surface area contributed by atoms with Crippen molar-refractivity contribution < 1.29 is 4.42 Å². The van der Waals surface area contributed by atoms with Crippen LogP contribution in [0.5, 0.6) is 0 Å². The molecule has 2 N–H and O–H groups in total. The molecule has 1 heterocycles. The lowest BCUT2D eigenvalue weighted by atomic mass is 10.2. The Morgan fingerprint density at radius 1 is 1.38 bits per heavy atom. The minimum atomic E-state index is 0.0733. The van der Waals surface area contributed by atoms with Gasteiger partial charge in [-0.25, -0.2) is 0 Å². The normalized spacial score (nSPS) is 13.4. The van der Waals surface area contributed by atoms with Gasteiger partial charge < -0.3 is 15.1 Å². The number of aliphatic imine (C=N–C) groups is 1. The smallest absolute Gasteiger partial charge is 0.191 e. The summed E-state index contributed by atoms with van der Waals surface area (Å²) in [7, 11) is 1.79. The van der Waals surface area contributed by atoms with Gasteiger partial charge in [0.2, 0.25) is 0 Å². The number of hydrogen-bond donors (Lipinski definition) is 2.